The monoisotopic (exact) mass is 369 g/mol. The minimum atomic E-state index is -1.51. The molecule has 0 aliphatic carbocycles. The molecule has 10 heteroatoms. The third-order valence-corrected chi connectivity index (χ3v) is 3.63. The molecule has 0 heterocycles. The molecule has 0 fully saturated rings. The number of nitrogens with two attached hydrogens (primary N) is 1. The number of rotatable bonds is 10. The van der Waals surface area contributed by atoms with Crippen LogP contribution in [0.4, 0.5) is 0 Å². The maximum atomic E-state index is 12.3. The molecule has 10 nitrogen and oxygen atoms in total. The number of para-hydroxylation sites is 1. The van der Waals surface area contributed by atoms with Gasteiger partial charge in [0, 0.05) is 0 Å². The highest BCUT2D eigenvalue weighted by atomic mass is 16.4. The lowest BCUT2D eigenvalue weighted by Crippen LogP contribution is -2.52. The molecule has 2 atom stereocenters. The van der Waals surface area contributed by atoms with Crippen molar-refractivity contribution in [2.75, 3.05) is 13.2 Å². The van der Waals surface area contributed by atoms with Crippen molar-refractivity contribution >= 4 is 17.8 Å². The van der Waals surface area contributed by atoms with Gasteiger partial charge in [-0.3, -0.25) is 9.59 Å². The van der Waals surface area contributed by atoms with Gasteiger partial charge in [-0.25, -0.2) is 4.79 Å². The zero-order chi connectivity index (χ0) is 19.7. The van der Waals surface area contributed by atoms with Gasteiger partial charge in [-0.2, -0.15) is 0 Å². The van der Waals surface area contributed by atoms with Gasteiger partial charge in [0.15, 0.2) is 11.5 Å². The van der Waals surface area contributed by atoms with Crippen molar-refractivity contribution in [2.24, 2.45) is 5.73 Å². The van der Waals surface area contributed by atoms with Gasteiger partial charge in [0.25, 0.3) is 5.91 Å². The zero-order valence-corrected chi connectivity index (χ0v) is 14.0. The van der Waals surface area contributed by atoms with Crippen LogP contribution >= 0.6 is 0 Å². The van der Waals surface area contributed by atoms with E-state index in [9.17, 15) is 24.6 Å². The van der Waals surface area contributed by atoms with Crippen molar-refractivity contribution in [3.8, 4) is 11.5 Å². The molecule has 0 aromatic heterocycles. The van der Waals surface area contributed by atoms with E-state index in [-0.39, 0.29) is 12.0 Å². The van der Waals surface area contributed by atoms with Crippen LogP contribution in [0.1, 0.15) is 29.6 Å². The van der Waals surface area contributed by atoms with E-state index in [1.807, 2.05) is 0 Å². The average Bonchev–Trinajstić information content (AvgIpc) is 2.60. The van der Waals surface area contributed by atoms with E-state index >= 15 is 0 Å². The summed E-state index contributed by atoms with van der Waals surface area (Å²) >= 11 is 0. The maximum Gasteiger partial charge on any atom is 0.328 e. The summed E-state index contributed by atoms with van der Waals surface area (Å²) in [5.74, 6) is -4.16. The van der Waals surface area contributed by atoms with Crippen LogP contribution in [-0.4, -0.2) is 63.4 Å². The number of carbonyl (C=O) groups excluding carboxylic acids is 2. The van der Waals surface area contributed by atoms with Crippen molar-refractivity contribution in [1.29, 1.82) is 0 Å². The van der Waals surface area contributed by atoms with Gasteiger partial charge >= 0.3 is 5.97 Å². The highest BCUT2D eigenvalue weighted by molar-refractivity contribution is 6.00. The number of carboxylic acids is 1. The van der Waals surface area contributed by atoms with E-state index in [0.717, 1.165) is 0 Å². The summed E-state index contributed by atoms with van der Waals surface area (Å²) in [6, 6.07) is 1.18. The highest BCUT2D eigenvalue weighted by Gasteiger charge is 2.27. The predicted molar refractivity (Wildman–Crippen MR) is 90.6 cm³/mol. The van der Waals surface area contributed by atoms with Crippen LogP contribution in [0, 0.1) is 0 Å². The first-order chi connectivity index (χ1) is 12.3. The number of phenols is 2. The third kappa shape index (κ3) is 5.90. The Kier molecular flexibility index (Phi) is 8.32. The van der Waals surface area contributed by atoms with E-state index in [1.165, 1.54) is 18.2 Å². The molecule has 0 spiro atoms. The third-order valence-electron chi connectivity index (χ3n) is 3.63. The lowest BCUT2D eigenvalue weighted by Gasteiger charge is -2.21. The van der Waals surface area contributed by atoms with E-state index < -0.39 is 48.0 Å². The number of aliphatic hydroxyl groups excluding tert-OH is 1. The number of phenolic OH excluding ortho intramolecular Hbond substituents is 2. The number of amides is 2. The number of aliphatic hydroxyl groups is 1. The van der Waals surface area contributed by atoms with Crippen molar-refractivity contribution in [3.63, 3.8) is 0 Å². The molecule has 1 aromatic rings. The number of nitrogens with one attached hydrogen (secondary N) is 2. The summed E-state index contributed by atoms with van der Waals surface area (Å²) in [7, 11) is 0. The quantitative estimate of drug-likeness (QED) is 0.200. The smallest absolute Gasteiger partial charge is 0.328 e. The highest BCUT2D eigenvalue weighted by Crippen LogP contribution is 2.28. The number of carbonyl (C=O) groups is 3. The second-order valence-electron chi connectivity index (χ2n) is 5.57. The molecule has 0 radical (unpaired) electrons. The predicted octanol–water partition coefficient (Wildman–Crippen LogP) is -1.11. The lowest BCUT2D eigenvalue weighted by molar-refractivity contribution is -0.143. The molecular formula is C16H23N3O7. The summed E-state index contributed by atoms with van der Waals surface area (Å²) in [4.78, 5) is 35.5. The first-order valence-electron chi connectivity index (χ1n) is 7.97. The van der Waals surface area contributed by atoms with Crippen LogP contribution in [0.2, 0.25) is 0 Å². The van der Waals surface area contributed by atoms with Crippen LogP contribution < -0.4 is 16.4 Å². The van der Waals surface area contributed by atoms with Crippen LogP contribution in [0.5, 0.6) is 11.5 Å². The fraction of sp³-hybridized carbons (Fsp3) is 0.438. The molecule has 26 heavy (non-hydrogen) atoms. The molecule has 2 amide bonds. The van der Waals surface area contributed by atoms with Crippen molar-refractivity contribution in [1.82, 2.24) is 10.6 Å². The van der Waals surface area contributed by atoms with Gasteiger partial charge in [0.05, 0.1) is 12.2 Å². The van der Waals surface area contributed by atoms with E-state index in [1.54, 1.807) is 0 Å². The molecule has 8 N–H and O–H groups in total. The normalized spacial score (nSPS) is 12.8. The first-order valence-corrected chi connectivity index (χ1v) is 7.97. The van der Waals surface area contributed by atoms with Crippen molar-refractivity contribution < 1.29 is 34.8 Å². The van der Waals surface area contributed by atoms with Gasteiger partial charge in [0.1, 0.15) is 12.1 Å². The number of hydrogen-bond acceptors (Lipinski definition) is 7. The van der Waals surface area contributed by atoms with Crippen LogP contribution in [0.25, 0.3) is 0 Å². The molecule has 144 valence electrons. The largest absolute Gasteiger partial charge is 0.504 e. The maximum absolute atomic E-state index is 12.3. The summed E-state index contributed by atoms with van der Waals surface area (Å²) in [6.07, 6.45) is 1.24. The average molecular weight is 369 g/mol. The lowest BCUT2D eigenvalue weighted by atomic mass is 10.1. The Bertz CT molecular complexity index is 651. The Balaban J connectivity index is 2.91. The Hall–Kier alpha value is -2.85. The zero-order valence-electron chi connectivity index (χ0n) is 14.0. The standard InChI is InChI=1S/C16H23N3O7/c17-7-2-1-5-10(15(24)19-11(8-20)16(25)26)18-14(23)9-4-3-6-12(21)13(9)22/h3-4,6,10-11,20-22H,1-2,5,7-8,17H2,(H,18,23)(H,19,24)(H,25,26)/t10-,11+/m1/s1. The minimum Gasteiger partial charge on any atom is -0.504 e. The number of aromatic hydroxyl groups is 2. The van der Waals surface area contributed by atoms with E-state index in [2.05, 4.69) is 10.6 Å². The Morgan fingerprint density at radius 2 is 1.77 bits per heavy atom. The second kappa shape index (κ2) is 10.2. The molecule has 1 rings (SSSR count). The fourth-order valence-corrected chi connectivity index (χ4v) is 2.17. The number of carboxylic acid groups (broad SMARTS) is 1. The number of aliphatic carboxylic acids is 1. The summed E-state index contributed by atoms with van der Waals surface area (Å²) in [5, 5.41) is 41.6. The number of benzene rings is 1. The summed E-state index contributed by atoms with van der Waals surface area (Å²) in [6.45, 7) is -0.429. The summed E-state index contributed by atoms with van der Waals surface area (Å²) < 4.78 is 0. The second-order valence-corrected chi connectivity index (χ2v) is 5.57. The molecular weight excluding hydrogens is 346 g/mol. The summed E-state index contributed by atoms with van der Waals surface area (Å²) in [5.41, 5.74) is 5.16. The van der Waals surface area contributed by atoms with E-state index in [0.29, 0.717) is 19.4 Å². The molecule has 0 saturated carbocycles. The molecule has 0 aliphatic heterocycles. The van der Waals surface area contributed by atoms with Gasteiger partial charge < -0.3 is 36.8 Å². The molecule has 0 aliphatic rings. The minimum absolute atomic E-state index is 0.173. The Morgan fingerprint density at radius 1 is 1.08 bits per heavy atom. The van der Waals surface area contributed by atoms with Gasteiger partial charge in [-0.15, -0.1) is 0 Å². The molecule has 0 saturated heterocycles. The van der Waals surface area contributed by atoms with Gasteiger partial charge in [0.2, 0.25) is 5.91 Å². The SMILES string of the molecule is NCCCC[C@@H](NC(=O)c1cccc(O)c1O)C(=O)N[C@@H](CO)C(=O)O. The number of hydrogen-bond donors (Lipinski definition) is 7. The van der Waals surface area contributed by atoms with Crippen molar-refractivity contribution in [3.05, 3.63) is 23.8 Å². The molecule has 0 bridgehead atoms. The van der Waals surface area contributed by atoms with Crippen molar-refractivity contribution in [2.45, 2.75) is 31.3 Å². The first kappa shape index (κ1) is 21.2. The number of unbranched alkanes of at least 4 members (excludes halogenated alkanes) is 1. The Labute approximate surface area is 149 Å². The van der Waals surface area contributed by atoms with Gasteiger partial charge in [-0.1, -0.05) is 6.07 Å². The molecule has 1 aromatic carbocycles. The van der Waals surface area contributed by atoms with Crippen LogP contribution in [0.15, 0.2) is 18.2 Å². The molecule has 0 unspecified atom stereocenters. The topological polar surface area (TPSA) is 182 Å². The van der Waals surface area contributed by atoms with Crippen LogP contribution in [0.3, 0.4) is 0 Å². The Morgan fingerprint density at radius 3 is 2.35 bits per heavy atom. The van der Waals surface area contributed by atoms with E-state index in [4.69, 9.17) is 15.9 Å². The van der Waals surface area contributed by atoms with Crippen LogP contribution in [-0.2, 0) is 9.59 Å². The fourth-order valence-electron chi connectivity index (χ4n) is 2.17. The van der Waals surface area contributed by atoms with Gasteiger partial charge in [-0.05, 0) is 37.9 Å².